The summed E-state index contributed by atoms with van der Waals surface area (Å²) in [5.41, 5.74) is 3.68. The highest BCUT2D eigenvalue weighted by Crippen LogP contribution is 2.28. The van der Waals surface area contributed by atoms with Gasteiger partial charge in [0.15, 0.2) is 0 Å². The van der Waals surface area contributed by atoms with Gasteiger partial charge in [0.05, 0.1) is 17.0 Å². The number of aryl methyl sites for hydroxylation is 1. The predicted octanol–water partition coefficient (Wildman–Crippen LogP) is 4.55. The molecule has 0 radical (unpaired) electrons. The van der Waals surface area contributed by atoms with Crippen LogP contribution in [0.1, 0.15) is 27.2 Å². The van der Waals surface area contributed by atoms with Crippen molar-refractivity contribution in [2.75, 3.05) is 11.4 Å². The number of carbonyl (C=O) groups is 3. The summed E-state index contributed by atoms with van der Waals surface area (Å²) in [6, 6.07) is 18.0. The Balaban J connectivity index is 1.44. The minimum Gasteiger partial charge on any atom is -0.361 e. The number of benzene rings is 2. The Bertz CT molecular complexity index is 1320. The number of imide groups is 1. The van der Waals surface area contributed by atoms with E-state index in [0.717, 1.165) is 22.0 Å². The molecule has 1 N–H and O–H groups in total. The van der Waals surface area contributed by atoms with Crippen molar-refractivity contribution < 1.29 is 14.4 Å². The van der Waals surface area contributed by atoms with Crippen molar-refractivity contribution >= 4 is 45.6 Å². The van der Waals surface area contributed by atoms with Crippen LogP contribution in [-0.2, 0) is 16.0 Å². The molecule has 0 bridgehead atoms. The zero-order valence-electron chi connectivity index (χ0n) is 18.2. The SMILES string of the molecule is Cc1ccc(N2C(=O)CC(N(CCc3c[nH]c4ccccc34)C(=O)c3cccs3)C2=O)cc1. The standard InChI is InChI=1S/C26H23N3O3S/c1-17-8-10-19(11-9-17)29-24(30)15-22(25(29)31)28(26(32)23-7-4-14-33-23)13-12-18-16-27-21-6-3-2-5-20(18)21/h2-11,14,16,22,27H,12-13,15H2,1H3. The third-order valence-corrected chi connectivity index (χ3v) is 6.94. The molecule has 3 amide bonds. The number of nitrogens with zero attached hydrogens (tertiary/aromatic N) is 2. The molecule has 1 aliphatic rings. The fraction of sp³-hybridized carbons (Fsp3) is 0.192. The zero-order chi connectivity index (χ0) is 22.9. The zero-order valence-corrected chi connectivity index (χ0v) is 19.0. The van der Waals surface area contributed by atoms with Crippen LogP contribution in [0.3, 0.4) is 0 Å². The Morgan fingerprint density at radius 1 is 1.09 bits per heavy atom. The van der Waals surface area contributed by atoms with Gasteiger partial charge in [-0.05, 0) is 48.6 Å². The van der Waals surface area contributed by atoms with Crippen LogP contribution in [-0.4, -0.2) is 40.2 Å². The molecule has 0 aliphatic carbocycles. The number of fused-ring (bicyclic) bond motifs is 1. The van der Waals surface area contributed by atoms with Crippen molar-refractivity contribution in [3.05, 3.63) is 88.2 Å². The van der Waals surface area contributed by atoms with Gasteiger partial charge in [-0.3, -0.25) is 14.4 Å². The maximum Gasteiger partial charge on any atom is 0.264 e. The number of carbonyl (C=O) groups excluding carboxylic acids is 3. The minimum atomic E-state index is -0.821. The second kappa shape index (κ2) is 8.67. The first kappa shape index (κ1) is 21.2. The number of amides is 3. The molecule has 1 saturated heterocycles. The van der Waals surface area contributed by atoms with Gasteiger partial charge in [0.25, 0.3) is 11.8 Å². The smallest absolute Gasteiger partial charge is 0.264 e. The fourth-order valence-electron chi connectivity index (χ4n) is 4.34. The van der Waals surface area contributed by atoms with Crippen molar-refractivity contribution in [2.45, 2.75) is 25.8 Å². The number of rotatable bonds is 6. The molecule has 2 aromatic carbocycles. The van der Waals surface area contributed by atoms with E-state index >= 15 is 0 Å². The van der Waals surface area contributed by atoms with Gasteiger partial charge in [0, 0.05) is 23.6 Å². The van der Waals surface area contributed by atoms with E-state index in [1.165, 1.54) is 16.2 Å². The number of nitrogens with one attached hydrogen (secondary N) is 1. The second-order valence-electron chi connectivity index (χ2n) is 8.21. The van der Waals surface area contributed by atoms with E-state index in [4.69, 9.17) is 0 Å². The Labute approximate surface area is 195 Å². The molecule has 0 saturated carbocycles. The van der Waals surface area contributed by atoms with Gasteiger partial charge in [-0.2, -0.15) is 0 Å². The molecule has 6 nitrogen and oxygen atoms in total. The van der Waals surface area contributed by atoms with Gasteiger partial charge in [-0.25, -0.2) is 4.90 Å². The van der Waals surface area contributed by atoms with E-state index < -0.39 is 6.04 Å². The summed E-state index contributed by atoms with van der Waals surface area (Å²) >= 11 is 1.34. The highest BCUT2D eigenvalue weighted by Gasteiger charge is 2.44. The van der Waals surface area contributed by atoms with Crippen LogP contribution in [0.15, 0.2) is 72.2 Å². The molecular formula is C26H23N3O3S. The van der Waals surface area contributed by atoms with Crippen LogP contribution >= 0.6 is 11.3 Å². The van der Waals surface area contributed by atoms with Crippen LogP contribution in [0.25, 0.3) is 10.9 Å². The number of anilines is 1. The summed E-state index contributed by atoms with van der Waals surface area (Å²) in [6.45, 7) is 2.29. The number of thiophene rings is 1. The van der Waals surface area contributed by atoms with Gasteiger partial charge in [0.1, 0.15) is 6.04 Å². The van der Waals surface area contributed by atoms with Crippen LogP contribution in [0, 0.1) is 6.92 Å². The molecule has 2 aromatic heterocycles. The van der Waals surface area contributed by atoms with E-state index in [9.17, 15) is 14.4 Å². The lowest BCUT2D eigenvalue weighted by Crippen LogP contribution is -2.46. The van der Waals surface area contributed by atoms with E-state index in [0.29, 0.717) is 23.5 Å². The first-order valence-electron chi connectivity index (χ1n) is 10.9. The summed E-state index contributed by atoms with van der Waals surface area (Å²) in [7, 11) is 0. The van der Waals surface area contributed by atoms with E-state index in [1.807, 2.05) is 61.0 Å². The maximum atomic E-state index is 13.4. The van der Waals surface area contributed by atoms with E-state index in [2.05, 4.69) is 4.98 Å². The molecule has 1 fully saturated rings. The maximum absolute atomic E-state index is 13.4. The lowest BCUT2D eigenvalue weighted by atomic mass is 10.1. The number of H-pyrrole nitrogens is 1. The lowest BCUT2D eigenvalue weighted by Gasteiger charge is -2.27. The average molecular weight is 458 g/mol. The molecule has 166 valence electrons. The predicted molar refractivity (Wildman–Crippen MR) is 129 cm³/mol. The quantitative estimate of drug-likeness (QED) is 0.432. The topological polar surface area (TPSA) is 73.5 Å². The third kappa shape index (κ3) is 3.96. The van der Waals surface area contributed by atoms with Gasteiger partial charge in [-0.15, -0.1) is 11.3 Å². The Morgan fingerprint density at radius 3 is 2.64 bits per heavy atom. The van der Waals surface area contributed by atoms with Crippen molar-refractivity contribution in [2.24, 2.45) is 0 Å². The highest BCUT2D eigenvalue weighted by molar-refractivity contribution is 7.12. The summed E-state index contributed by atoms with van der Waals surface area (Å²) in [6.07, 6.45) is 2.50. The van der Waals surface area contributed by atoms with Crippen LogP contribution < -0.4 is 4.90 Å². The van der Waals surface area contributed by atoms with Gasteiger partial charge in [0.2, 0.25) is 5.91 Å². The summed E-state index contributed by atoms with van der Waals surface area (Å²) in [4.78, 5) is 46.3. The number of hydrogen-bond acceptors (Lipinski definition) is 4. The molecule has 33 heavy (non-hydrogen) atoms. The second-order valence-corrected chi connectivity index (χ2v) is 9.16. The minimum absolute atomic E-state index is 0.0162. The van der Waals surface area contributed by atoms with Crippen molar-refractivity contribution in [1.29, 1.82) is 0 Å². The first-order valence-corrected chi connectivity index (χ1v) is 11.7. The molecule has 1 aliphatic heterocycles. The normalized spacial score (nSPS) is 16.0. The van der Waals surface area contributed by atoms with Crippen LogP contribution in [0.2, 0.25) is 0 Å². The lowest BCUT2D eigenvalue weighted by molar-refractivity contribution is -0.122. The molecule has 4 aromatic rings. The molecule has 3 heterocycles. The van der Waals surface area contributed by atoms with E-state index in [1.54, 1.807) is 23.1 Å². The third-order valence-electron chi connectivity index (χ3n) is 6.08. The van der Waals surface area contributed by atoms with Crippen LogP contribution in [0.4, 0.5) is 5.69 Å². The Hall–Kier alpha value is -3.71. The fourth-order valence-corrected chi connectivity index (χ4v) is 5.02. The van der Waals surface area contributed by atoms with Gasteiger partial charge < -0.3 is 9.88 Å². The van der Waals surface area contributed by atoms with Gasteiger partial charge in [-0.1, -0.05) is 42.0 Å². The number of para-hydroxylation sites is 1. The molecule has 1 unspecified atom stereocenters. The largest absolute Gasteiger partial charge is 0.361 e. The first-order chi connectivity index (χ1) is 16.0. The Morgan fingerprint density at radius 2 is 1.88 bits per heavy atom. The van der Waals surface area contributed by atoms with Crippen molar-refractivity contribution in [3.8, 4) is 0 Å². The van der Waals surface area contributed by atoms with Crippen molar-refractivity contribution in [1.82, 2.24) is 9.88 Å². The molecule has 5 rings (SSSR count). The Kier molecular flexibility index (Phi) is 5.56. The summed E-state index contributed by atoms with van der Waals surface area (Å²) < 4.78 is 0. The molecule has 0 spiro atoms. The van der Waals surface area contributed by atoms with Crippen molar-refractivity contribution in [3.63, 3.8) is 0 Å². The summed E-state index contributed by atoms with van der Waals surface area (Å²) in [5, 5.41) is 2.93. The molecule has 7 heteroatoms. The highest BCUT2D eigenvalue weighted by atomic mass is 32.1. The molecule has 1 atom stereocenters. The number of aromatic amines is 1. The monoisotopic (exact) mass is 457 g/mol. The number of hydrogen-bond donors (Lipinski definition) is 1. The summed E-state index contributed by atoms with van der Waals surface area (Å²) in [5.74, 6) is -0.862. The molecular weight excluding hydrogens is 434 g/mol. The average Bonchev–Trinajstić information content (AvgIpc) is 3.55. The van der Waals surface area contributed by atoms with E-state index in [-0.39, 0.29) is 24.1 Å². The van der Waals surface area contributed by atoms with Gasteiger partial charge >= 0.3 is 0 Å². The number of aromatic nitrogens is 1. The van der Waals surface area contributed by atoms with Crippen LogP contribution in [0.5, 0.6) is 0 Å².